The van der Waals surface area contributed by atoms with Crippen molar-refractivity contribution in [1.82, 2.24) is 0 Å². The normalized spacial score (nSPS) is 12.9. The number of nitrogens with zero attached hydrogens (tertiary/aromatic N) is 4. The third-order valence-corrected chi connectivity index (χ3v) is 3.66. The maximum absolute atomic E-state index is 4.36. The second-order valence-electron chi connectivity index (χ2n) is 6.05. The Balaban J connectivity index is 2.16. The summed E-state index contributed by atoms with van der Waals surface area (Å²) in [6.07, 6.45) is 0. The van der Waals surface area contributed by atoms with E-state index in [0.717, 1.165) is 39.5 Å². The fraction of sp³-hybridized carbons (Fsp3) is 0.238. The van der Waals surface area contributed by atoms with Crippen molar-refractivity contribution in [2.24, 2.45) is 20.4 Å². The molecular weight excluding hydrogens is 308 g/mol. The molecule has 0 spiro atoms. The summed E-state index contributed by atoms with van der Waals surface area (Å²) >= 11 is 0. The Kier molecular flexibility index (Phi) is 6.52. The van der Waals surface area contributed by atoms with E-state index in [-0.39, 0.29) is 0 Å². The van der Waals surface area contributed by atoms with Crippen molar-refractivity contribution in [2.45, 2.75) is 34.6 Å². The van der Waals surface area contributed by atoms with E-state index in [1.54, 1.807) is 0 Å². The van der Waals surface area contributed by atoms with Gasteiger partial charge in [-0.15, -0.1) is 0 Å². The third kappa shape index (κ3) is 5.60. The predicted molar refractivity (Wildman–Crippen MR) is 108 cm³/mol. The van der Waals surface area contributed by atoms with Crippen molar-refractivity contribution in [1.29, 1.82) is 0 Å². The van der Waals surface area contributed by atoms with Gasteiger partial charge in [0.15, 0.2) is 0 Å². The highest BCUT2D eigenvalue weighted by molar-refractivity contribution is 6.03. The number of hydrogen-bond donors (Lipinski definition) is 0. The number of benzene rings is 2. The molecule has 128 valence electrons. The minimum atomic E-state index is 0.874. The molecule has 0 unspecified atom stereocenters. The van der Waals surface area contributed by atoms with Crippen LogP contribution in [0.3, 0.4) is 0 Å². The molecule has 4 heteroatoms. The highest BCUT2D eigenvalue weighted by Crippen LogP contribution is 2.09. The van der Waals surface area contributed by atoms with E-state index in [4.69, 9.17) is 0 Å². The monoisotopic (exact) mass is 332 g/mol. The molecule has 0 heterocycles. The highest BCUT2D eigenvalue weighted by atomic mass is 15.2. The zero-order valence-electron chi connectivity index (χ0n) is 15.5. The zero-order chi connectivity index (χ0) is 18.2. The SMILES string of the molecule is CC(C)=N/N=C(\C)c1ccc(/C(C)=N/N=C(\C)c2ccccc2)cc1. The number of hydrogen-bond acceptors (Lipinski definition) is 4. The standard InChI is InChI=1S/C21H24N4/c1-15(2)22-23-17(4)20-11-13-21(14-12-20)18(5)25-24-16(3)19-9-7-6-8-10-19/h6-14H,1-5H3/b23-17+,24-16+,25-18+. The summed E-state index contributed by atoms with van der Waals surface area (Å²) < 4.78 is 0. The lowest BCUT2D eigenvalue weighted by atomic mass is 10.1. The minimum Gasteiger partial charge on any atom is -0.160 e. The molecule has 0 fully saturated rings. The van der Waals surface area contributed by atoms with Gasteiger partial charge in [-0.1, -0.05) is 54.6 Å². The quantitative estimate of drug-likeness (QED) is 0.539. The first-order valence-corrected chi connectivity index (χ1v) is 8.28. The van der Waals surface area contributed by atoms with E-state index in [1.807, 2.05) is 89.2 Å². The van der Waals surface area contributed by atoms with Crippen LogP contribution < -0.4 is 0 Å². The second kappa shape index (κ2) is 8.83. The van der Waals surface area contributed by atoms with Crippen LogP contribution in [0.25, 0.3) is 0 Å². The fourth-order valence-corrected chi connectivity index (χ4v) is 2.13. The molecule has 0 aromatic heterocycles. The van der Waals surface area contributed by atoms with Crippen molar-refractivity contribution >= 4 is 22.8 Å². The van der Waals surface area contributed by atoms with Crippen LogP contribution in [0.1, 0.15) is 51.3 Å². The maximum atomic E-state index is 4.36. The molecule has 25 heavy (non-hydrogen) atoms. The topological polar surface area (TPSA) is 49.4 Å². The predicted octanol–water partition coefficient (Wildman–Crippen LogP) is 5.12. The molecule has 0 bridgehead atoms. The Morgan fingerprint density at radius 2 is 0.840 bits per heavy atom. The van der Waals surface area contributed by atoms with Crippen molar-refractivity contribution in [3.05, 3.63) is 71.3 Å². The largest absolute Gasteiger partial charge is 0.160 e. The fourth-order valence-electron chi connectivity index (χ4n) is 2.13. The minimum absolute atomic E-state index is 0.874. The summed E-state index contributed by atoms with van der Waals surface area (Å²) in [5.41, 5.74) is 6.76. The van der Waals surface area contributed by atoms with E-state index in [9.17, 15) is 0 Å². The lowest BCUT2D eigenvalue weighted by Crippen LogP contribution is -1.99. The van der Waals surface area contributed by atoms with Crippen molar-refractivity contribution in [3.8, 4) is 0 Å². The molecule has 4 nitrogen and oxygen atoms in total. The van der Waals surface area contributed by atoms with Crippen molar-refractivity contribution < 1.29 is 0 Å². The van der Waals surface area contributed by atoms with Crippen LogP contribution in [0.15, 0.2) is 75.0 Å². The highest BCUT2D eigenvalue weighted by Gasteiger charge is 2.01. The summed E-state index contributed by atoms with van der Waals surface area (Å²) in [6, 6.07) is 18.2. The van der Waals surface area contributed by atoms with Gasteiger partial charge in [0, 0.05) is 5.71 Å². The van der Waals surface area contributed by atoms with Crippen LogP contribution in [-0.2, 0) is 0 Å². The molecule has 0 atom stereocenters. The average molecular weight is 332 g/mol. The Morgan fingerprint density at radius 1 is 0.480 bits per heavy atom. The molecule has 2 aromatic carbocycles. The first-order chi connectivity index (χ1) is 12.0. The Bertz CT molecular complexity index is 822. The Labute approximate surface area is 149 Å². The van der Waals surface area contributed by atoms with E-state index in [1.165, 1.54) is 0 Å². The van der Waals surface area contributed by atoms with Gasteiger partial charge in [-0.25, -0.2) is 0 Å². The smallest absolute Gasteiger partial charge is 0.0671 e. The summed E-state index contributed by atoms with van der Waals surface area (Å²) in [5.74, 6) is 0. The average Bonchev–Trinajstić information content (AvgIpc) is 2.64. The molecule has 0 aliphatic heterocycles. The zero-order valence-corrected chi connectivity index (χ0v) is 15.5. The summed E-state index contributed by atoms with van der Waals surface area (Å²) in [4.78, 5) is 0. The molecule has 0 saturated carbocycles. The van der Waals surface area contributed by atoms with Gasteiger partial charge in [0.2, 0.25) is 0 Å². The van der Waals surface area contributed by atoms with Gasteiger partial charge in [0.1, 0.15) is 0 Å². The van der Waals surface area contributed by atoms with Gasteiger partial charge in [0.25, 0.3) is 0 Å². The van der Waals surface area contributed by atoms with Crippen LogP contribution in [0.5, 0.6) is 0 Å². The third-order valence-electron chi connectivity index (χ3n) is 3.66. The first-order valence-electron chi connectivity index (χ1n) is 8.28. The van der Waals surface area contributed by atoms with Crippen LogP contribution in [0, 0.1) is 0 Å². The van der Waals surface area contributed by atoms with Gasteiger partial charge in [0.05, 0.1) is 17.1 Å². The summed E-state index contributed by atoms with van der Waals surface area (Å²) in [7, 11) is 0. The van der Waals surface area contributed by atoms with Gasteiger partial charge < -0.3 is 0 Å². The van der Waals surface area contributed by atoms with Gasteiger partial charge in [-0.05, 0) is 51.3 Å². The van der Waals surface area contributed by atoms with E-state index >= 15 is 0 Å². The number of rotatable bonds is 5. The summed E-state index contributed by atoms with van der Waals surface area (Å²) in [6.45, 7) is 9.74. The van der Waals surface area contributed by atoms with Crippen LogP contribution >= 0.6 is 0 Å². The van der Waals surface area contributed by atoms with Crippen molar-refractivity contribution in [2.75, 3.05) is 0 Å². The molecule has 2 rings (SSSR count). The molecule has 0 radical (unpaired) electrons. The lowest BCUT2D eigenvalue weighted by molar-refractivity contribution is 1.21. The van der Waals surface area contributed by atoms with Gasteiger partial charge in [-0.2, -0.15) is 20.4 Å². The Morgan fingerprint density at radius 3 is 1.24 bits per heavy atom. The van der Waals surface area contributed by atoms with Crippen LogP contribution in [0.4, 0.5) is 0 Å². The van der Waals surface area contributed by atoms with Crippen molar-refractivity contribution in [3.63, 3.8) is 0 Å². The molecular formula is C21H24N4. The molecule has 2 aromatic rings. The molecule has 0 N–H and O–H groups in total. The van der Waals surface area contributed by atoms with E-state index < -0.39 is 0 Å². The second-order valence-corrected chi connectivity index (χ2v) is 6.05. The van der Waals surface area contributed by atoms with Crippen LogP contribution in [0.2, 0.25) is 0 Å². The van der Waals surface area contributed by atoms with Crippen LogP contribution in [-0.4, -0.2) is 22.8 Å². The maximum Gasteiger partial charge on any atom is 0.0671 e. The molecule has 0 saturated heterocycles. The molecule has 0 aliphatic rings. The molecule has 0 aliphatic carbocycles. The van der Waals surface area contributed by atoms with Gasteiger partial charge in [-0.3, -0.25) is 0 Å². The van der Waals surface area contributed by atoms with E-state index in [2.05, 4.69) is 20.4 Å². The first kappa shape index (κ1) is 18.5. The summed E-state index contributed by atoms with van der Waals surface area (Å²) in [5, 5.41) is 17.0. The Hall–Kier alpha value is -2.88. The van der Waals surface area contributed by atoms with E-state index in [0.29, 0.717) is 0 Å². The molecule has 0 amide bonds. The lowest BCUT2D eigenvalue weighted by Gasteiger charge is -2.03. The van der Waals surface area contributed by atoms with Gasteiger partial charge >= 0.3 is 0 Å².